The highest BCUT2D eigenvalue weighted by Crippen LogP contribution is 2.23. The van der Waals surface area contributed by atoms with Crippen LogP contribution in [-0.4, -0.2) is 5.78 Å². The van der Waals surface area contributed by atoms with Crippen LogP contribution in [0.3, 0.4) is 0 Å². The highest BCUT2D eigenvalue weighted by Gasteiger charge is 2.12. The van der Waals surface area contributed by atoms with Gasteiger partial charge in [0, 0.05) is 5.56 Å². The maximum absolute atomic E-state index is 13.7. The van der Waals surface area contributed by atoms with Crippen LogP contribution in [0.15, 0.2) is 36.4 Å². The Hall–Kier alpha value is -1.94. The van der Waals surface area contributed by atoms with Crippen LogP contribution in [-0.2, 0) is 6.61 Å². The second kappa shape index (κ2) is 6.01. The lowest BCUT2D eigenvalue weighted by molar-refractivity contribution is 0.101. The monoisotopic (exact) mass is 296 g/mol. The highest BCUT2D eigenvalue weighted by molar-refractivity contribution is 6.30. The summed E-state index contributed by atoms with van der Waals surface area (Å²) < 4.78 is 32.2. The Kier molecular flexibility index (Phi) is 4.35. The van der Waals surface area contributed by atoms with E-state index in [1.165, 1.54) is 31.2 Å². The second-order valence-electron chi connectivity index (χ2n) is 4.20. The van der Waals surface area contributed by atoms with E-state index in [9.17, 15) is 13.6 Å². The predicted molar refractivity (Wildman–Crippen MR) is 72.1 cm³/mol. The second-order valence-corrected chi connectivity index (χ2v) is 4.61. The van der Waals surface area contributed by atoms with Crippen molar-refractivity contribution in [1.82, 2.24) is 0 Å². The Morgan fingerprint density at radius 3 is 2.70 bits per heavy atom. The van der Waals surface area contributed by atoms with Gasteiger partial charge in [0.2, 0.25) is 0 Å². The van der Waals surface area contributed by atoms with Crippen molar-refractivity contribution in [1.29, 1.82) is 0 Å². The standard InChI is InChI=1S/C15H11ClF2O2/c1-9(19)12-7-11(17)5-6-14(12)20-8-10-3-2-4-13(16)15(10)18/h2-7H,8H2,1H3. The summed E-state index contributed by atoms with van der Waals surface area (Å²) in [6, 6.07) is 8.16. The topological polar surface area (TPSA) is 26.3 Å². The van der Waals surface area contributed by atoms with Crippen LogP contribution >= 0.6 is 11.6 Å². The molecule has 0 bridgehead atoms. The number of ether oxygens (including phenoxy) is 1. The van der Waals surface area contributed by atoms with Crippen LogP contribution in [0.1, 0.15) is 22.8 Å². The van der Waals surface area contributed by atoms with Gasteiger partial charge in [-0.1, -0.05) is 23.7 Å². The predicted octanol–water partition coefficient (Wildman–Crippen LogP) is 4.40. The molecule has 0 spiro atoms. The fourth-order valence-corrected chi connectivity index (χ4v) is 1.91. The minimum Gasteiger partial charge on any atom is -0.488 e. The molecule has 0 fully saturated rings. The first-order valence-electron chi connectivity index (χ1n) is 5.85. The van der Waals surface area contributed by atoms with Gasteiger partial charge in [0.1, 0.15) is 24.0 Å². The molecule has 0 radical (unpaired) electrons. The van der Waals surface area contributed by atoms with E-state index in [0.29, 0.717) is 0 Å². The highest BCUT2D eigenvalue weighted by atomic mass is 35.5. The summed E-state index contributed by atoms with van der Waals surface area (Å²) in [4.78, 5) is 11.4. The summed E-state index contributed by atoms with van der Waals surface area (Å²) >= 11 is 5.66. The number of Topliss-reactive ketones (excluding diaryl/α,β-unsaturated/α-hetero) is 1. The lowest BCUT2D eigenvalue weighted by Gasteiger charge is -2.11. The molecule has 104 valence electrons. The number of benzene rings is 2. The Morgan fingerprint density at radius 1 is 1.25 bits per heavy atom. The minimum absolute atomic E-state index is 0.00278. The number of halogens is 3. The van der Waals surface area contributed by atoms with Gasteiger partial charge in [-0.25, -0.2) is 8.78 Å². The number of hydrogen-bond donors (Lipinski definition) is 0. The smallest absolute Gasteiger partial charge is 0.163 e. The third kappa shape index (κ3) is 3.14. The zero-order valence-corrected chi connectivity index (χ0v) is 11.4. The third-order valence-electron chi connectivity index (χ3n) is 2.74. The average Bonchev–Trinajstić information content (AvgIpc) is 2.41. The maximum Gasteiger partial charge on any atom is 0.163 e. The molecule has 0 aromatic heterocycles. The number of carbonyl (C=O) groups is 1. The largest absolute Gasteiger partial charge is 0.488 e. The molecular formula is C15H11ClF2O2. The van der Waals surface area contributed by atoms with E-state index >= 15 is 0 Å². The maximum atomic E-state index is 13.7. The molecule has 0 aliphatic carbocycles. The molecule has 0 amide bonds. The first-order valence-corrected chi connectivity index (χ1v) is 6.23. The number of carbonyl (C=O) groups excluding carboxylic acids is 1. The van der Waals surface area contributed by atoms with Crippen LogP contribution in [0.2, 0.25) is 5.02 Å². The number of ketones is 1. The van der Waals surface area contributed by atoms with E-state index in [2.05, 4.69) is 0 Å². The fourth-order valence-electron chi connectivity index (χ4n) is 1.72. The average molecular weight is 297 g/mol. The van der Waals surface area contributed by atoms with Crippen molar-refractivity contribution >= 4 is 17.4 Å². The zero-order chi connectivity index (χ0) is 14.7. The van der Waals surface area contributed by atoms with Crippen molar-refractivity contribution < 1.29 is 18.3 Å². The van der Waals surface area contributed by atoms with Gasteiger partial charge in [-0.15, -0.1) is 0 Å². The van der Waals surface area contributed by atoms with E-state index in [4.69, 9.17) is 16.3 Å². The Bertz CT molecular complexity index is 656. The van der Waals surface area contributed by atoms with Crippen molar-refractivity contribution in [3.05, 3.63) is 64.2 Å². The fraction of sp³-hybridized carbons (Fsp3) is 0.133. The van der Waals surface area contributed by atoms with Gasteiger partial charge in [0.05, 0.1) is 10.6 Å². The molecule has 2 aromatic carbocycles. The lowest BCUT2D eigenvalue weighted by Crippen LogP contribution is -2.03. The van der Waals surface area contributed by atoms with Crippen LogP contribution in [0.5, 0.6) is 5.75 Å². The van der Waals surface area contributed by atoms with E-state index < -0.39 is 11.6 Å². The van der Waals surface area contributed by atoms with Crippen molar-refractivity contribution in [3.8, 4) is 5.75 Å². The van der Waals surface area contributed by atoms with Gasteiger partial charge in [0.25, 0.3) is 0 Å². The first-order chi connectivity index (χ1) is 9.49. The van der Waals surface area contributed by atoms with E-state index in [0.717, 1.165) is 6.07 Å². The van der Waals surface area contributed by atoms with E-state index in [1.807, 2.05) is 0 Å². The molecule has 2 rings (SSSR count). The van der Waals surface area contributed by atoms with E-state index in [-0.39, 0.29) is 34.3 Å². The van der Waals surface area contributed by atoms with Gasteiger partial charge < -0.3 is 4.74 Å². The summed E-state index contributed by atoms with van der Waals surface area (Å²) in [6.45, 7) is 1.21. The molecule has 0 saturated heterocycles. The summed E-state index contributed by atoms with van der Waals surface area (Å²) in [5.41, 5.74) is 0.378. The molecule has 5 heteroatoms. The van der Waals surface area contributed by atoms with Crippen molar-refractivity contribution in [2.75, 3.05) is 0 Å². The van der Waals surface area contributed by atoms with Gasteiger partial charge >= 0.3 is 0 Å². The van der Waals surface area contributed by atoms with E-state index in [1.54, 1.807) is 6.07 Å². The van der Waals surface area contributed by atoms with Gasteiger partial charge in [-0.2, -0.15) is 0 Å². The SMILES string of the molecule is CC(=O)c1cc(F)ccc1OCc1cccc(Cl)c1F. The van der Waals surface area contributed by atoms with Gasteiger partial charge in [0.15, 0.2) is 5.78 Å². The molecule has 2 nitrogen and oxygen atoms in total. The quantitative estimate of drug-likeness (QED) is 0.782. The summed E-state index contributed by atoms with van der Waals surface area (Å²) in [5, 5.41) is -0.00278. The van der Waals surface area contributed by atoms with Crippen molar-refractivity contribution in [2.24, 2.45) is 0 Å². The normalized spacial score (nSPS) is 10.4. The Labute approximate surface area is 119 Å². The third-order valence-corrected chi connectivity index (χ3v) is 3.03. The zero-order valence-electron chi connectivity index (χ0n) is 10.6. The Morgan fingerprint density at radius 2 is 2.00 bits per heavy atom. The number of hydrogen-bond acceptors (Lipinski definition) is 2. The van der Waals surface area contributed by atoms with Crippen LogP contribution < -0.4 is 4.74 Å². The molecule has 0 unspecified atom stereocenters. The molecule has 2 aromatic rings. The van der Waals surface area contributed by atoms with Crippen LogP contribution in [0, 0.1) is 11.6 Å². The molecule has 0 atom stereocenters. The summed E-state index contributed by atoms with van der Waals surface area (Å²) in [5.74, 6) is -1.22. The molecule has 0 heterocycles. The molecule has 0 saturated carbocycles. The lowest BCUT2D eigenvalue weighted by atomic mass is 10.1. The van der Waals surface area contributed by atoms with Gasteiger partial charge in [-0.3, -0.25) is 4.79 Å². The van der Waals surface area contributed by atoms with Gasteiger partial charge in [-0.05, 0) is 31.2 Å². The van der Waals surface area contributed by atoms with Crippen molar-refractivity contribution in [3.63, 3.8) is 0 Å². The number of rotatable bonds is 4. The Balaban J connectivity index is 2.23. The van der Waals surface area contributed by atoms with Crippen LogP contribution in [0.25, 0.3) is 0 Å². The molecule has 20 heavy (non-hydrogen) atoms. The van der Waals surface area contributed by atoms with Crippen molar-refractivity contribution in [2.45, 2.75) is 13.5 Å². The minimum atomic E-state index is -0.569. The summed E-state index contributed by atoms with van der Waals surface area (Å²) in [7, 11) is 0. The molecule has 0 N–H and O–H groups in total. The first kappa shape index (κ1) is 14.5. The molecule has 0 aliphatic heterocycles. The summed E-state index contributed by atoms with van der Waals surface area (Å²) in [6.07, 6.45) is 0. The van der Waals surface area contributed by atoms with Crippen LogP contribution in [0.4, 0.5) is 8.78 Å². The molecule has 0 aliphatic rings. The molecular weight excluding hydrogens is 286 g/mol.